The minimum atomic E-state index is -0.109. The monoisotopic (exact) mass is 625 g/mol. The molecule has 7 aromatic rings. The molecule has 0 amide bonds. The first-order chi connectivity index (χ1) is 23.7. The van der Waals surface area contributed by atoms with Crippen molar-refractivity contribution in [3.05, 3.63) is 144 Å². The standard InChI is InChI=1S/C43H39N5/c1-3-37(36-21-14-22-38-41(36)47-42(45-38)33-17-8-5-9-18-33)46-43(48-39-23-12-10-19-34(39)35-20-11-13-24-40(35)48)44-29(2)30-25-27-32(28-26-30)31-15-6-4-7-16-31/h5,8-15,17-29H,3-4,6-7,16H2,1-2H3,(H,45,47). The number of H-pyrrole nitrogens is 1. The molecular formula is C43H39N5. The van der Waals surface area contributed by atoms with E-state index in [0.29, 0.717) is 5.96 Å². The van der Waals surface area contributed by atoms with Gasteiger partial charge in [0.1, 0.15) is 5.82 Å². The first-order valence-corrected chi connectivity index (χ1v) is 17.2. The van der Waals surface area contributed by atoms with Crippen LogP contribution < -0.4 is 0 Å². The molecule has 1 atom stereocenters. The number of aromatic amines is 1. The van der Waals surface area contributed by atoms with Gasteiger partial charge < -0.3 is 4.98 Å². The summed E-state index contributed by atoms with van der Waals surface area (Å²) in [7, 11) is 0. The van der Waals surface area contributed by atoms with E-state index in [9.17, 15) is 0 Å². The van der Waals surface area contributed by atoms with Crippen molar-refractivity contribution in [3.8, 4) is 11.4 Å². The first kappa shape index (κ1) is 29.8. The number of hydrogen-bond acceptors (Lipinski definition) is 2. The molecule has 0 bridgehead atoms. The zero-order valence-electron chi connectivity index (χ0n) is 27.5. The van der Waals surface area contributed by atoms with Crippen LogP contribution >= 0.6 is 0 Å². The van der Waals surface area contributed by atoms with Crippen molar-refractivity contribution in [3.63, 3.8) is 0 Å². The van der Waals surface area contributed by atoms with Crippen LogP contribution in [0.15, 0.2) is 137 Å². The van der Waals surface area contributed by atoms with Crippen LogP contribution in [0.1, 0.15) is 68.7 Å². The number of aliphatic imine (C=N–C) groups is 2. The Morgan fingerprint density at radius 1 is 0.771 bits per heavy atom. The van der Waals surface area contributed by atoms with Gasteiger partial charge in [-0.1, -0.05) is 116 Å². The van der Waals surface area contributed by atoms with Gasteiger partial charge in [0.05, 0.1) is 33.8 Å². The van der Waals surface area contributed by atoms with Crippen molar-refractivity contribution >= 4 is 50.1 Å². The summed E-state index contributed by atoms with van der Waals surface area (Å²) in [6, 6.07) is 42.6. The number of nitrogens with one attached hydrogen (secondary N) is 1. The van der Waals surface area contributed by atoms with Crippen LogP contribution in [-0.2, 0) is 0 Å². The molecule has 1 unspecified atom stereocenters. The molecule has 236 valence electrons. The molecule has 0 radical (unpaired) electrons. The molecule has 5 heteroatoms. The van der Waals surface area contributed by atoms with Crippen LogP contribution in [0.25, 0.3) is 49.8 Å². The van der Waals surface area contributed by atoms with Gasteiger partial charge in [-0.2, -0.15) is 0 Å². The maximum absolute atomic E-state index is 5.46. The van der Waals surface area contributed by atoms with Crippen molar-refractivity contribution in [1.82, 2.24) is 14.5 Å². The summed E-state index contributed by atoms with van der Waals surface area (Å²) >= 11 is 0. The zero-order chi connectivity index (χ0) is 32.5. The normalized spacial score (nSPS) is 14.9. The lowest BCUT2D eigenvalue weighted by atomic mass is 9.93. The third-order valence-corrected chi connectivity index (χ3v) is 9.58. The van der Waals surface area contributed by atoms with Gasteiger partial charge in [-0.15, -0.1) is 0 Å². The van der Waals surface area contributed by atoms with Crippen molar-refractivity contribution in [1.29, 1.82) is 0 Å². The lowest BCUT2D eigenvalue weighted by Gasteiger charge is -2.16. The van der Waals surface area contributed by atoms with Crippen molar-refractivity contribution in [2.24, 2.45) is 9.98 Å². The third-order valence-electron chi connectivity index (χ3n) is 9.58. The molecule has 0 saturated heterocycles. The van der Waals surface area contributed by atoms with Crippen LogP contribution in [0, 0.1) is 0 Å². The molecule has 48 heavy (non-hydrogen) atoms. The number of fused-ring (bicyclic) bond motifs is 4. The Balaban J connectivity index is 1.29. The van der Waals surface area contributed by atoms with Crippen molar-refractivity contribution in [2.45, 2.75) is 52.0 Å². The summed E-state index contributed by atoms with van der Waals surface area (Å²) in [6.07, 6.45) is 8.03. The van der Waals surface area contributed by atoms with E-state index in [1.165, 1.54) is 46.7 Å². The van der Waals surface area contributed by atoms with Gasteiger partial charge in [0, 0.05) is 21.9 Å². The number of benzene rings is 5. The second kappa shape index (κ2) is 12.9. The Labute approximate surface area is 281 Å². The van der Waals surface area contributed by atoms with E-state index in [1.54, 1.807) is 0 Å². The minimum absolute atomic E-state index is 0.109. The topological polar surface area (TPSA) is 58.3 Å². The molecule has 2 heterocycles. The highest BCUT2D eigenvalue weighted by atomic mass is 15.2. The molecule has 8 rings (SSSR count). The van der Waals surface area contributed by atoms with E-state index in [0.717, 1.165) is 57.6 Å². The van der Waals surface area contributed by atoms with Gasteiger partial charge in [-0.3, -0.25) is 4.57 Å². The fraction of sp³-hybridized carbons (Fsp3) is 0.186. The van der Waals surface area contributed by atoms with Crippen LogP contribution in [0.4, 0.5) is 0 Å². The second-order valence-corrected chi connectivity index (χ2v) is 12.6. The lowest BCUT2D eigenvalue weighted by molar-refractivity contribution is 0.742. The molecule has 0 spiro atoms. The predicted molar refractivity (Wildman–Crippen MR) is 202 cm³/mol. The number of allylic oxidation sites excluding steroid dienone is 2. The Morgan fingerprint density at radius 3 is 2.17 bits per heavy atom. The van der Waals surface area contributed by atoms with Gasteiger partial charge in [0.15, 0.2) is 0 Å². The molecule has 1 aliphatic rings. The van der Waals surface area contributed by atoms with Gasteiger partial charge in [0.25, 0.3) is 0 Å². The summed E-state index contributed by atoms with van der Waals surface area (Å²) in [5.41, 5.74) is 11.1. The van der Waals surface area contributed by atoms with E-state index in [1.807, 2.05) is 18.2 Å². The third kappa shape index (κ3) is 5.56. The lowest BCUT2D eigenvalue weighted by Crippen LogP contribution is -2.15. The molecule has 1 aliphatic carbocycles. The summed E-state index contributed by atoms with van der Waals surface area (Å²) in [6.45, 7) is 4.33. The molecule has 0 fully saturated rings. The number of imidazole rings is 1. The maximum atomic E-state index is 5.46. The van der Waals surface area contributed by atoms with Gasteiger partial charge in [-0.25, -0.2) is 15.0 Å². The smallest absolute Gasteiger partial charge is 0.230 e. The zero-order valence-corrected chi connectivity index (χ0v) is 27.5. The Morgan fingerprint density at radius 2 is 1.48 bits per heavy atom. The summed E-state index contributed by atoms with van der Waals surface area (Å²) in [5, 5.41) is 2.38. The molecule has 0 saturated carbocycles. The Hall–Kier alpha value is -5.55. The molecule has 5 aromatic carbocycles. The van der Waals surface area contributed by atoms with E-state index in [4.69, 9.17) is 15.0 Å². The quantitative estimate of drug-likeness (QED) is 0.145. The minimum Gasteiger partial charge on any atom is -0.338 e. The molecule has 1 N–H and O–H groups in total. The van der Waals surface area contributed by atoms with Crippen LogP contribution in [0.3, 0.4) is 0 Å². The van der Waals surface area contributed by atoms with Gasteiger partial charge >= 0.3 is 0 Å². The second-order valence-electron chi connectivity index (χ2n) is 12.6. The number of rotatable bonds is 6. The van der Waals surface area contributed by atoms with Gasteiger partial charge in [-0.05, 0) is 73.9 Å². The summed E-state index contributed by atoms with van der Waals surface area (Å²) in [5.74, 6) is 1.53. The average molecular weight is 626 g/mol. The fourth-order valence-electron chi connectivity index (χ4n) is 7.05. The van der Waals surface area contributed by atoms with Crippen LogP contribution in [0.2, 0.25) is 0 Å². The molecular weight excluding hydrogens is 587 g/mol. The highest BCUT2D eigenvalue weighted by Gasteiger charge is 2.19. The van der Waals surface area contributed by atoms with E-state index in [2.05, 4.69) is 133 Å². The maximum Gasteiger partial charge on any atom is 0.230 e. The Bertz CT molecular complexity index is 2280. The summed E-state index contributed by atoms with van der Waals surface area (Å²) < 4.78 is 2.23. The Kier molecular flexibility index (Phi) is 8.03. The highest BCUT2D eigenvalue weighted by Crippen LogP contribution is 2.32. The summed E-state index contributed by atoms with van der Waals surface area (Å²) in [4.78, 5) is 19.5. The molecule has 2 aromatic heterocycles. The number of aromatic nitrogens is 3. The first-order valence-electron chi connectivity index (χ1n) is 17.2. The van der Waals surface area contributed by atoms with E-state index in [-0.39, 0.29) is 6.04 Å². The predicted octanol–water partition coefficient (Wildman–Crippen LogP) is 11.2. The number of para-hydroxylation sites is 3. The number of nitrogens with zero attached hydrogens (tertiary/aromatic N) is 4. The molecule has 5 nitrogen and oxygen atoms in total. The van der Waals surface area contributed by atoms with Gasteiger partial charge in [0.2, 0.25) is 5.96 Å². The van der Waals surface area contributed by atoms with E-state index < -0.39 is 0 Å². The van der Waals surface area contributed by atoms with Crippen LogP contribution in [0.5, 0.6) is 0 Å². The fourth-order valence-corrected chi connectivity index (χ4v) is 7.05. The SMILES string of the molecule is CCC(=NC(=NC(C)c1ccc(C2=CCCCC2)cc1)n1c2ccccc2c2ccccc21)c1cccc2[nH]c(-c3ccccc3)nc12. The average Bonchev–Trinajstić information content (AvgIpc) is 3.74. The highest BCUT2D eigenvalue weighted by molar-refractivity contribution is 6.18. The largest absolute Gasteiger partial charge is 0.338 e. The van der Waals surface area contributed by atoms with E-state index >= 15 is 0 Å². The van der Waals surface area contributed by atoms with Crippen molar-refractivity contribution < 1.29 is 0 Å². The molecule has 0 aliphatic heterocycles. The van der Waals surface area contributed by atoms with Crippen molar-refractivity contribution in [2.75, 3.05) is 0 Å². The van der Waals surface area contributed by atoms with Crippen LogP contribution in [-0.4, -0.2) is 26.2 Å². The number of hydrogen-bond donors (Lipinski definition) is 1.